The molecule has 2 aromatic rings. The average molecular weight is 389 g/mol. The van der Waals surface area contributed by atoms with E-state index in [1.807, 2.05) is 18.7 Å². The number of rotatable bonds is 8. The first-order chi connectivity index (χ1) is 13.1. The summed E-state index contributed by atoms with van der Waals surface area (Å²) in [5, 5.41) is 6.96. The van der Waals surface area contributed by atoms with Crippen LogP contribution in [0.25, 0.3) is 0 Å². The molecule has 1 aliphatic rings. The summed E-state index contributed by atoms with van der Waals surface area (Å²) in [7, 11) is 0. The normalized spacial score (nSPS) is 15.0. The molecule has 0 unspecified atom stereocenters. The number of nitrogens with zero attached hydrogens (tertiary/aromatic N) is 3. The molecule has 7 heteroatoms. The van der Waals surface area contributed by atoms with E-state index in [2.05, 4.69) is 45.5 Å². The standard InChI is InChI=1S/C20H28N4O2S/c1-3-4-18-22-20(26-23-18)8-7-19(25)21-17-13-16(6-5-15(17)2)14-24-9-11-27-12-10-24/h5-6,13H,3-4,7-12,14H2,1-2H3,(H,21,25). The molecule has 1 fully saturated rings. The summed E-state index contributed by atoms with van der Waals surface area (Å²) >= 11 is 2.02. The quantitative estimate of drug-likeness (QED) is 0.747. The monoisotopic (exact) mass is 388 g/mol. The first kappa shape index (κ1) is 19.9. The van der Waals surface area contributed by atoms with E-state index in [0.717, 1.165) is 43.7 Å². The van der Waals surface area contributed by atoms with Crippen LogP contribution < -0.4 is 5.32 Å². The van der Waals surface area contributed by atoms with E-state index in [-0.39, 0.29) is 5.91 Å². The summed E-state index contributed by atoms with van der Waals surface area (Å²) in [6.45, 7) is 7.29. The highest BCUT2D eigenvalue weighted by molar-refractivity contribution is 7.99. The van der Waals surface area contributed by atoms with Gasteiger partial charge in [-0.3, -0.25) is 9.69 Å². The van der Waals surface area contributed by atoms with Gasteiger partial charge in [0.2, 0.25) is 11.8 Å². The second-order valence-electron chi connectivity index (χ2n) is 6.94. The van der Waals surface area contributed by atoms with Crippen molar-refractivity contribution < 1.29 is 9.32 Å². The van der Waals surface area contributed by atoms with Crippen LogP contribution in [0, 0.1) is 6.92 Å². The lowest BCUT2D eigenvalue weighted by Crippen LogP contribution is -2.32. The van der Waals surface area contributed by atoms with Crippen LogP contribution >= 0.6 is 11.8 Å². The second-order valence-corrected chi connectivity index (χ2v) is 8.17. The number of nitrogens with one attached hydrogen (secondary N) is 1. The molecule has 6 nitrogen and oxygen atoms in total. The van der Waals surface area contributed by atoms with Crippen LogP contribution in [-0.4, -0.2) is 45.5 Å². The number of hydrogen-bond donors (Lipinski definition) is 1. The van der Waals surface area contributed by atoms with Crippen molar-refractivity contribution in [3.8, 4) is 0 Å². The summed E-state index contributed by atoms with van der Waals surface area (Å²) in [6, 6.07) is 6.33. The summed E-state index contributed by atoms with van der Waals surface area (Å²) in [5.74, 6) is 3.62. The highest BCUT2D eigenvalue weighted by Gasteiger charge is 2.13. The van der Waals surface area contributed by atoms with Gasteiger partial charge in [0.15, 0.2) is 5.82 Å². The third-order valence-corrected chi connectivity index (χ3v) is 5.58. The second kappa shape index (κ2) is 9.90. The zero-order valence-electron chi connectivity index (χ0n) is 16.2. The molecule has 0 radical (unpaired) electrons. The Hall–Kier alpha value is -1.86. The van der Waals surface area contributed by atoms with Gasteiger partial charge in [0, 0.05) is 56.1 Å². The molecule has 0 bridgehead atoms. The predicted octanol–water partition coefficient (Wildman–Crippen LogP) is 3.45. The van der Waals surface area contributed by atoms with E-state index in [4.69, 9.17) is 4.52 Å². The molecule has 1 aliphatic heterocycles. The lowest BCUT2D eigenvalue weighted by molar-refractivity contribution is -0.116. The van der Waals surface area contributed by atoms with E-state index < -0.39 is 0 Å². The lowest BCUT2D eigenvalue weighted by Gasteiger charge is -2.26. The number of amides is 1. The van der Waals surface area contributed by atoms with Crippen molar-refractivity contribution in [3.63, 3.8) is 0 Å². The largest absolute Gasteiger partial charge is 0.339 e. The summed E-state index contributed by atoms with van der Waals surface area (Å²) in [6.07, 6.45) is 2.58. The maximum Gasteiger partial charge on any atom is 0.227 e. The van der Waals surface area contributed by atoms with Gasteiger partial charge in [-0.05, 0) is 30.5 Å². The fraction of sp³-hybridized carbons (Fsp3) is 0.550. The number of aryl methyl sites for hydroxylation is 3. The van der Waals surface area contributed by atoms with Crippen molar-refractivity contribution in [1.29, 1.82) is 0 Å². The van der Waals surface area contributed by atoms with Gasteiger partial charge in [-0.15, -0.1) is 0 Å². The van der Waals surface area contributed by atoms with E-state index in [1.54, 1.807) is 0 Å². The molecule has 0 saturated carbocycles. The first-order valence-corrected chi connectivity index (χ1v) is 10.8. The molecule has 2 heterocycles. The molecular formula is C20H28N4O2S. The molecule has 1 amide bonds. The van der Waals surface area contributed by atoms with Gasteiger partial charge in [-0.2, -0.15) is 16.7 Å². The molecule has 146 valence electrons. The minimum absolute atomic E-state index is 0.0279. The molecule has 27 heavy (non-hydrogen) atoms. The van der Waals surface area contributed by atoms with E-state index >= 15 is 0 Å². The Labute approximate surface area is 165 Å². The van der Waals surface area contributed by atoms with Crippen LogP contribution in [0.2, 0.25) is 0 Å². The smallest absolute Gasteiger partial charge is 0.227 e. The molecule has 1 N–H and O–H groups in total. The Morgan fingerprint density at radius 3 is 2.89 bits per heavy atom. The molecule has 1 aromatic heterocycles. The third-order valence-electron chi connectivity index (χ3n) is 4.64. The van der Waals surface area contributed by atoms with Gasteiger partial charge >= 0.3 is 0 Å². The van der Waals surface area contributed by atoms with Crippen LogP contribution in [-0.2, 0) is 24.2 Å². The summed E-state index contributed by atoms with van der Waals surface area (Å²) < 4.78 is 5.20. The first-order valence-electron chi connectivity index (χ1n) is 9.65. The summed E-state index contributed by atoms with van der Waals surface area (Å²) in [5.41, 5.74) is 3.20. The molecule has 3 rings (SSSR count). The predicted molar refractivity (Wildman–Crippen MR) is 109 cm³/mol. The zero-order valence-corrected chi connectivity index (χ0v) is 17.0. The minimum Gasteiger partial charge on any atom is -0.339 e. The van der Waals surface area contributed by atoms with Crippen molar-refractivity contribution in [2.24, 2.45) is 0 Å². The van der Waals surface area contributed by atoms with Gasteiger partial charge in [-0.25, -0.2) is 0 Å². The van der Waals surface area contributed by atoms with Crippen molar-refractivity contribution in [3.05, 3.63) is 41.0 Å². The Morgan fingerprint density at radius 2 is 2.11 bits per heavy atom. The van der Waals surface area contributed by atoms with Crippen LogP contribution in [0.4, 0.5) is 5.69 Å². The fourth-order valence-electron chi connectivity index (χ4n) is 3.07. The Bertz CT molecular complexity index is 756. The van der Waals surface area contributed by atoms with Crippen molar-refractivity contribution in [1.82, 2.24) is 15.0 Å². The Kier molecular flexibility index (Phi) is 7.29. The SMILES string of the molecule is CCCc1noc(CCC(=O)Nc2cc(CN3CCSCC3)ccc2C)n1. The van der Waals surface area contributed by atoms with Crippen LogP contribution in [0.1, 0.15) is 42.6 Å². The van der Waals surface area contributed by atoms with Gasteiger partial charge in [0.05, 0.1) is 0 Å². The van der Waals surface area contributed by atoms with Crippen LogP contribution in [0.15, 0.2) is 22.7 Å². The number of thioether (sulfide) groups is 1. The lowest BCUT2D eigenvalue weighted by atomic mass is 10.1. The van der Waals surface area contributed by atoms with Gasteiger partial charge in [0.25, 0.3) is 0 Å². The maximum atomic E-state index is 12.4. The van der Waals surface area contributed by atoms with Gasteiger partial charge < -0.3 is 9.84 Å². The topological polar surface area (TPSA) is 71.3 Å². The number of hydrogen-bond acceptors (Lipinski definition) is 6. The number of carbonyl (C=O) groups is 1. The molecule has 1 saturated heterocycles. The van der Waals surface area contributed by atoms with E-state index in [0.29, 0.717) is 24.6 Å². The molecule has 0 spiro atoms. The van der Waals surface area contributed by atoms with Gasteiger partial charge in [-0.1, -0.05) is 24.2 Å². The number of benzene rings is 1. The number of anilines is 1. The highest BCUT2D eigenvalue weighted by atomic mass is 32.2. The average Bonchev–Trinajstić information content (AvgIpc) is 3.12. The summed E-state index contributed by atoms with van der Waals surface area (Å²) in [4.78, 5) is 19.1. The minimum atomic E-state index is -0.0279. The van der Waals surface area contributed by atoms with Gasteiger partial charge in [0.1, 0.15) is 0 Å². The fourth-order valence-corrected chi connectivity index (χ4v) is 4.05. The Balaban J connectivity index is 1.53. The van der Waals surface area contributed by atoms with Crippen LogP contribution in [0.3, 0.4) is 0 Å². The number of carbonyl (C=O) groups excluding carboxylic acids is 1. The van der Waals surface area contributed by atoms with Crippen molar-refractivity contribution >= 4 is 23.4 Å². The van der Waals surface area contributed by atoms with Crippen molar-refractivity contribution in [2.45, 2.75) is 46.1 Å². The number of aromatic nitrogens is 2. The van der Waals surface area contributed by atoms with E-state index in [9.17, 15) is 4.79 Å². The van der Waals surface area contributed by atoms with E-state index in [1.165, 1.54) is 17.1 Å². The molecule has 0 atom stereocenters. The molecular weight excluding hydrogens is 360 g/mol. The van der Waals surface area contributed by atoms with Crippen molar-refractivity contribution in [2.75, 3.05) is 29.9 Å². The Morgan fingerprint density at radius 1 is 1.30 bits per heavy atom. The third kappa shape index (κ3) is 6.07. The zero-order chi connectivity index (χ0) is 19.1. The molecule has 1 aromatic carbocycles. The molecule has 0 aliphatic carbocycles. The van der Waals surface area contributed by atoms with Crippen LogP contribution in [0.5, 0.6) is 0 Å². The maximum absolute atomic E-state index is 12.4. The highest BCUT2D eigenvalue weighted by Crippen LogP contribution is 2.20.